The second kappa shape index (κ2) is 8.92. The molecule has 1 aromatic heterocycles. The highest BCUT2D eigenvalue weighted by molar-refractivity contribution is 7.14. The highest BCUT2D eigenvalue weighted by atomic mass is 32.1. The van der Waals surface area contributed by atoms with Crippen molar-refractivity contribution in [3.8, 4) is 0 Å². The van der Waals surface area contributed by atoms with Gasteiger partial charge in [0.05, 0.1) is 12.1 Å². The first-order valence-corrected chi connectivity index (χ1v) is 10.3. The Kier molecular flexibility index (Phi) is 6.61. The molecule has 0 spiro atoms. The number of nitrogens with one attached hydrogen (secondary N) is 1. The van der Waals surface area contributed by atoms with Gasteiger partial charge in [-0.3, -0.25) is 14.5 Å². The summed E-state index contributed by atoms with van der Waals surface area (Å²) in [5.74, 6) is 0.131. The molecule has 0 aliphatic carbocycles. The van der Waals surface area contributed by atoms with Crippen LogP contribution in [0.3, 0.4) is 0 Å². The molecule has 0 bridgehead atoms. The van der Waals surface area contributed by atoms with Crippen molar-refractivity contribution in [3.63, 3.8) is 0 Å². The lowest BCUT2D eigenvalue weighted by molar-refractivity contribution is -0.120. The summed E-state index contributed by atoms with van der Waals surface area (Å²) in [5.41, 5.74) is 0.744. The topological polar surface area (TPSA) is 68.8 Å². The fourth-order valence-electron chi connectivity index (χ4n) is 3.59. The van der Waals surface area contributed by atoms with E-state index in [1.54, 1.807) is 4.90 Å². The third-order valence-electron chi connectivity index (χ3n) is 5.22. The van der Waals surface area contributed by atoms with E-state index >= 15 is 0 Å². The lowest BCUT2D eigenvalue weighted by Crippen LogP contribution is -2.44. The van der Waals surface area contributed by atoms with Gasteiger partial charge in [0.25, 0.3) is 0 Å². The molecular formula is C18H29N5O2S. The number of amides is 2. The van der Waals surface area contributed by atoms with Gasteiger partial charge in [-0.05, 0) is 46.4 Å². The first kappa shape index (κ1) is 19.3. The van der Waals surface area contributed by atoms with Gasteiger partial charge in [0, 0.05) is 37.5 Å². The average molecular weight is 380 g/mol. The third-order valence-corrected chi connectivity index (χ3v) is 6.14. The van der Waals surface area contributed by atoms with E-state index in [0.717, 1.165) is 43.4 Å². The molecule has 2 aliphatic rings. The van der Waals surface area contributed by atoms with Gasteiger partial charge in [-0.15, -0.1) is 11.3 Å². The highest BCUT2D eigenvalue weighted by Gasteiger charge is 2.24. The number of rotatable bonds is 7. The smallest absolute Gasteiger partial charge is 0.228 e. The summed E-state index contributed by atoms with van der Waals surface area (Å²) in [5, 5.41) is 5.60. The summed E-state index contributed by atoms with van der Waals surface area (Å²) in [4.78, 5) is 34.8. The molecule has 7 nitrogen and oxygen atoms in total. The number of hydrogen-bond acceptors (Lipinski definition) is 6. The van der Waals surface area contributed by atoms with Gasteiger partial charge in [0.1, 0.15) is 0 Å². The zero-order chi connectivity index (χ0) is 18.5. The van der Waals surface area contributed by atoms with Crippen molar-refractivity contribution in [1.82, 2.24) is 20.1 Å². The molecule has 0 radical (unpaired) electrons. The normalized spacial score (nSPS) is 19.5. The van der Waals surface area contributed by atoms with E-state index in [1.807, 2.05) is 5.38 Å². The molecule has 3 rings (SSSR count). The van der Waals surface area contributed by atoms with Crippen LogP contribution in [0.5, 0.6) is 0 Å². The summed E-state index contributed by atoms with van der Waals surface area (Å²) in [6.45, 7) is 4.50. The molecular weight excluding hydrogens is 350 g/mol. The molecule has 2 aliphatic heterocycles. The number of aromatic nitrogens is 1. The van der Waals surface area contributed by atoms with Crippen molar-refractivity contribution in [2.75, 3.05) is 51.7 Å². The molecule has 0 unspecified atom stereocenters. The molecule has 0 atom stereocenters. The van der Waals surface area contributed by atoms with Crippen LogP contribution in [0.2, 0.25) is 0 Å². The average Bonchev–Trinajstić information content (AvgIpc) is 3.24. The van der Waals surface area contributed by atoms with Gasteiger partial charge in [-0.2, -0.15) is 0 Å². The van der Waals surface area contributed by atoms with Crippen molar-refractivity contribution in [1.29, 1.82) is 0 Å². The lowest BCUT2D eigenvalue weighted by Gasteiger charge is -2.35. The maximum atomic E-state index is 12.1. The van der Waals surface area contributed by atoms with E-state index in [4.69, 9.17) is 0 Å². The Morgan fingerprint density at radius 3 is 2.77 bits per heavy atom. The number of carbonyl (C=O) groups is 2. The Morgan fingerprint density at radius 1 is 1.35 bits per heavy atom. The maximum absolute atomic E-state index is 12.1. The summed E-state index contributed by atoms with van der Waals surface area (Å²) in [6.07, 6.45) is 4.15. The standard InChI is InChI=1S/C18H29N5O2S/c1-21(2)15-5-9-22(10-6-15)11-7-19-16(24)12-14-13-26-18(20-14)23-8-3-4-17(23)25/h13,15H,3-12H2,1-2H3,(H,19,24). The molecule has 2 fully saturated rings. The Balaban J connectivity index is 1.36. The second-order valence-corrected chi connectivity index (χ2v) is 8.17. The minimum atomic E-state index is -0.00206. The Labute approximate surface area is 159 Å². The van der Waals surface area contributed by atoms with Gasteiger partial charge in [-0.25, -0.2) is 4.98 Å². The number of carbonyl (C=O) groups excluding carboxylic acids is 2. The van der Waals surface area contributed by atoms with Crippen molar-refractivity contribution in [2.24, 2.45) is 0 Å². The van der Waals surface area contributed by atoms with E-state index in [1.165, 1.54) is 24.2 Å². The van der Waals surface area contributed by atoms with E-state index in [2.05, 4.69) is 34.2 Å². The van der Waals surface area contributed by atoms with E-state index in [-0.39, 0.29) is 18.2 Å². The van der Waals surface area contributed by atoms with Crippen LogP contribution in [0.25, 0.3) is 0 Å². The van der Waals surface area contributed by atoms with Crippen molar-refractivity contribution in [2.45, 2.75) is 38.1 Å². The first-order chi connectivity index (χ1) is 12.5. The van der Waals surface area contributed by atoms with Crippen LogP contribution >= 0.6 is 11.3 Å². The third kappa shape index (κ3) is 5.02. The molecule has 144 valence electrons. The molecule has 2 amide bonds. The van der Waals surface area contributed by atoms with Crippen molar-refractivity contribution >= 4 is 28.3 Å². The van der Waals surface area contributed by atoms with Crippen LogP contribution in [0.1, 0.15) is 31.4 Å². The minimum Gasteiger partial charge on any atom is -0.354 e. The van der Waals surface area contributed by atoms with Crippen LogP contribution in [-0.4, -0.2) is 79.5 Å². The first-order valence-electron chi connectivity index (χ1n) is 9.43. The van der Waals surface area contributed by atoms with Crippen LogP contribution < -0.4 is 10.2 Å². The predicted octanol–water partition coefficient (Wildman–Crippen LogP) is 0.955. The number of piperidine rings is 1. The molecule has 26 heavy (non-hydrogen) atoms. The molecule has 2 saturated heterocycles. The maximum Gasteiger partial charge on any atom is 0.228 e. The van der Waals surface area contributed by atoms with E-state index in [0.29, 0.717) is 19.0 Å². The van der Waals surface area contributed by atoms with Gasteiger partial charge in [0.15, 0.2) is 5.13 Å². The SMILES string of the molecule is CN(C)C1CCN(CCNC(=O)Cc2csc(N3CCCC3=O)n2)CC1. The minimum absolute atomic E-state index is 0.00206. The summed E-state index contributed by atoms with van der Waals surface area (Å²) in [7, 11) is 4.29. The van der Waals surface area contributed by atoms with Crippen molar-refractivity contribution in [3.05, 3.63) is 11.1 Å². The molecule has 0 aromatic carbocycles. The Morgan fingerprint density at radius 2 is 2.12 bits per heavy atom. The number of nitrogens with zero attached hydrogens (tertiary/aromatic N) is 4. The molecule has 0 saturated carbocycles. The number of anilines is 1. The summed E-state index contributed by atoms with van der Waals surface area (Å²) >= 11 is 1.44. The van der Waals surface area contributed by atoms with Gasteiger partial charge < -0.3 is 15.1 Å². The highest BCUT2D eigenvalue weighted by Crippen LogP contribution is 2.25. The number of hydrogen-bond donors (Lipinski definition) is 1. The van der Waals surface area contributed by atoms with Crippen LogP contribution in [0.4, 0.5) is 5.13 Å². The van der Waals surface area contributed by atoms with E-state index < -0.39 is 0 Å². The van der Waals surface area contributed by atoms with E-state index in [9.17, 15) is 9.59 Å². The van der Waals surface area contributed by atoms with Crippen LogP contribution in [-0.2, 0) is 16.0 Å². The molecule has 8 heteroatoms. The summed E-state index contributed by atoms with van der Waals surface area (Å²) < 4.78 is 0. The van der Waals surface area contributed by atoms with Gasteiger partial charge in [-0.1, -0.05) is 0 Å². The zero-order valence-corrected chi connectivity index (χ0v) is 16.6. The lowest BCUT2D eigenvalue weighted by atomic mass is 10.0. The number of thiazole rings is 1. The van der Waals surface area contributed by atoms with Crippen LogP contribution in [0, 0.1) is 0 Å². The number of likely N-dealkylation sites (tertiary alicyclic amines) is 1. The Hall–Kier alpha value is -1.51. The predicted molar refractivity (Wildman–Crippen MR) is 104 cm³/mol. The molecule has 3 heterocycles. The monoisotopic (exact) mass is 379 g/mol. The second-order valence-electron chi connectivity index (χ2n) is 7.33. The van der Waals surface area contributed by atoms with Gasteiger partial charge >= 0.3 is 0 Å². The quantitative estimate of drug-likeness (QED) is 0.764. The Bertz CT molecular complexity index is 625. The molecule has 1 N–H and O–H groups in total. The fourth-order valence-corrected chi connectivity index (χ4v) is 4.46. The fraction of sp³-hybridized carbons (Fsp3) is 0.722. The molecule has 1 aromatic rings. The largest absolute Gasteiger partial charge is 0.354 e. The van der Waals surface area contributed by atoms with Crippen LogP contribution in [0.15, 0.2) is 5.38 Å². The zero-order valence-electron chi connectivity index (χ0n) is 15.7. The summed E-state index contributed by atoms with van der Waals surface area (Å²) in [6, 6.07) is 0.683. The van der Waals surface area contributed by atoms with Gasteiger partial charge in [0.2, 0.25) is 11.8 Å². The van der Waals surface area contributed by atoms with Crippen molar-refractivity contribution < 1.29 is 9.59 Å².